The Hall–Kier alpha value is -1.45. The Bertz CT molecular complexity index is 712. The van der Waals surface area contributed by atoms with Crippen LogP contribution < -0.4 is 0 Å². The molecule has 1 aliphatic heterocycles. The molecule has 1 atom stereocenters. The molecule has 0 fully saturated rings. The number of hydrogen-bond acceptors (Lipinski definition) is 5. The van der Waals surface area contributed by atoms with E-state index < -0.39 is 0 Å². The van der Waals surface area contributed by atoms with Crippen LogP contribution in [0.15, 0.2) is 37.7 Å². The van der Waals surface area contributed by atoms with Crippen LogP contribution in [0.5, 0.6) is 0 Å². The summed E-state index contributed by atoms with van der Waals surface area (Å²) in [7, 11) is 1.74. The van der Waals surface area contributed by atoms with Gasteiger partial charge in [0, 0.05) is 0 Å². The van der Waals surface area contributed by atoms with E-state index in [9.17, 15) is 0 Å². The molecule has 22 heavy (non-hydrogen) atoms. The van der Waals surface area contributed by atoms with E-state index in [1.54, 1.807) is 35.3 Å². The van der Waals surface area contributed by atoms with Crippen molar-refractivity contribution in [2.45, 2.75) is 20.4 Å². The Morgan fingerprint density at radius 3 is 2.86 bits per heavy atom. The first kappa shape index (κ1) is 15.4. The first-order chi connectivity index (χ1) is 10.6. The van der Waals surface area contributed by atoms with Gasteiger partial charge in [-0.05, 0) is 0 Å². The van der Waals surface area contributed by atoms with E-state index in [1.165, 1.54) is 15.5 Å². The SMILES string of the molecule is COC1=C([AsH2])C=C(c2c(C)noc2C)CN1Cc1ccsc1. The normalized spacial score (nSPS) is 15.3. The summed E-state index contributed by atoms with van der Waals surface area (Å²) in [5, 5.41) is 8.37. The van der Waals surface area contributed by atoms with Gasteiger partial charge in [-0.2, -0.15) is 0 Å². The topological polar surface area (TPSA) is 38.5 Å². The van der Waals surface area contributed by atoms with Crippen molar-refractivity contribution < 1.29 is 9.26 Å². The number of methoxy groups -OCH3 is 1. The Morgan fingerprint density at radius 1 is 1.45 bits per heavy atom. The van der Waals surface area contributed by atoms with E-state index in [-0.39, 0.29) is 0 Å². The monoisotopic (exact) mass is 378 g/mol. The van der Waals surface area contributed by atoms with Crippen LogP contribution in [-0.4, -0.2) is 40.6 Å². The minimum absolute atomic E-state index is 0.801. The van der Waals surface area contributed by atoms with E-state index in [0.29, 0.717) is 0 Å². The summed E-state index contributed by atoms with van der Waals surface area (Å²) >= 11 is 3.29. The molecule has 0 aliphatic carbocycles. The average molecular weight is 378 g/mol. The van der Waals surface area contributed by atoms with Gasteiger partial charge in [0.15, 0.2) is 0 Å². The summed E-state index contributed by atoms with van der Waals surface area (Å²) in [5.41, 5.74) is 4.62. The maximum atomic E-state index is 5.63. The molecule has 3 heterocycles. The van der Waals surface area contributed by atoms with Crippen molar-refractivity contribution in [1.29, 1.82) is 0 Å². The maximum absolute atomic E-state index is 5.63. The van der Waals surface area contributed by atoms with Crippen LogP contribution in [0.4, 0.5) is 0 Å². The standard InChI is InChI=1S/C16H19AsN2O2S/c1-10-15(11(2)21-18-10)13-6-14(17)16(20-3)19(8-13)7-12-4-5-22-9-12/h4-6,9H,7-8,17H2,1-3H3. The van der Waals surface area contributed by atoms with Crippen LogP contribution in [0.2, 0.25) is 0 Å². The molecule has 6 heteroatoms. The third kappa shape index (κ3) is 2.88. The van der Waals surface area contributed by atoms with Crippen molar-refractivity contribution >= 4 is 33.8 Å². The van der Waals surface area contributed by atoms with Gasteiger partial charge < -0.3 is 0 Å². The molecule has 3 rings (SSSR count). The van der Waals surface area contributed by atoms with Gasteiger partial charge in [-0.25, -0.2) is 0 Å². The predicted molar refractivity (Wildman–Crippen MR) is 91.3 cm³/mol. The number of aryl methyl sites for hydroxylation is 2. The summed E-state index contributed by atoms with van der Waals surface area (Å²) in [6.45, 7) is 5.61. The molecular weight excluding hydrogens is 359 g/mol. The third-order valence-electron chi connectivity index (χ3n) is 3.73. The Balaban J connectivity index is 1.96. The predicted octanol–water partition coefficient (Wildman–Crippen LogP) is 2.70. The molecule has 2 aromatic rings. The molecule has 0 N–H and O–H groups in total. The molecule has 0 radical (unpaired) electrons. The number of aromatic nitrogens is 1. The Morgan fingerprint density at radius 2 is 2.27 bits per heavy atom. The van der Waals surface area contributed by atoms with E-state index in [1.807, 2.05) is 13.8 Å². The van der Waals surface area contributed by atoms with Crippen LogP contribution in [0.1, 0.15) is 22.6 Å². The van der Waals surface area contributed by atoms with Gasteiger partial charge in [0.1, 0.15) is 0 Å². The molecule has 1 aliphatic rings. The molecule has 0 aromatic carbocycles. The third-order valence-corrected chi connectivity index (χ3v) is 5.33. The number of rotatable bonds is 4. The summed E-state index contributed by atoms with van der Waals surface area (Å²) in [6.07, 6.45) is 2.20. The van der Waals surface area contributed by atoms with Crippen molar-refractivity contribution in [2.24, 2.45) is 0 Å². The zero-order valence-corrected chi connectivity index (χ0v) is 16.2. The fraction of sp³-hybridized carbons (Fsp3) is 0.312. The molecule has 0 amide bonds. The molecular formula is C16H19AsN2O2S. The molecule has 116 valence electrons. The fourth-order valence-electron chi connectivity index (χ4n) is 2.83. The summed E-state index contributed by atoms with van der Waals surface area (Å²) in [6, 6.07) is 2.16. The number of allylic oxidation sites excluding steroid dienone is 2. The van der Waals surface area contributed by atoms with E-state index in [0.717, 1.165) is 36.0 Å². The molecule has 0 saturated heterocycles. The zero-order chi connectivity index (χ0) is 15.7. The summed E-state index contributed by atoms with van der Waals surface area (Å²) in [4.78, 5) is 2.28. The second kappa shape index (κ2) is 6.35. The van der Waals surface area contributed by atoms with Crippen LogP contribution >= 0.6 is 11.3 Å². The molecule has 4 nitrogen and oxygen atoms in total. The molecule has 1 unspecified atom stereocenters. The summed E-state index contributed by atoms with van der Waals surface area (Å²) in [5.74, 6) is 1.84. The van der Waals surface area contributed by atoms with Gasteiger partial charge in [-0.1, -0.05) is 0 Å². The van der Waals surface area contributed by atoms with Gasteiger partial charge >= 0.3 is 143 Å². The van der Waals surface area contributed by atoms with Crippen LogP contribution in [0.25, 0.3) is 5.57 Å². The van der Waals surface area contributed by atoms with Crippen molar-refractivity contribution in [3.05, 3.63) is 55.7 Å². The van der Waals surface area contributed by atoms with Crippen molar-refractivity contribution in [3.63, 3.8) is 0 Å². The van der Waals surface area contributed by atoms with Crippen LogP contribution in [0, 0.1) is 13.8 Å². The van der Waals surface area contributed by atoms with Crippen molar-refractivity contribution in [3.8, 4) is 0 Å². The molecule has 2 aromatic heterocycles. The minimum atomic E-state index is 0.801. The van der Waals surface area contributed by atoms with Gasteiger partial charge in [0.2, 0.25) is 0 Å². The second-order valence-electron chi connectivity index (χ2n) is 5.32. The fourth-order valence-corrected chi connectivity index (χ4v) is 4.54. The van der Waals surface area contributed by atoms with Crippen molar-refractivity contribution in [2.75, 3.05) is 13.7 Å². The van der Waals surface area contributed by atoms with E-state index in [4.69, 9.17) is 9.26 Å². The quantitative estimate of drug-likeness (QED) is 0.767. The summed E-state index contributed by atoms with van der Waals surface area (Å²) < 4.78 is 12.1. The molecule has 0 spiro atoms. The van der Waals surface area contributed by atoms with Crippen LogP contribution in [0.3, 0.4) is 0 Å². The first-order valence-corrected chi connectivity index (χ1v) is 9.19. The number of thiophene rings is 1. The van der Waals surface area contributed by atoms with Crippen molar-refractivity contribution in [1.82, 2.24) is 10.1 Å². The zero-order valence-electron chi connectivity index (χ0n) is 12.9. The Kier molecular flexibility index (Phi) is 4.46. The number of ether oxygens (including phenoxy) is 1. The molecule has 0 bridgehead atoms. The van der Waals surface area contributed by atoms with E-state index in [2.05, 4.69) is 33.0 Å². The Labute approximate surface area is 142 Å². The molecule has 0 saturated carbocycles. The number of nitrogens with zero attached hydrogens (tertiary/aromatic N) is 2. The average Bonchev–Trinajstić information content (AvgIpc) is 3.09. The van der Waals surface area contributed by atoms with Gasteiger partial charge in [-0.15, -0.1) is 0 Å². The van der Waals surface area contributed by atoms with Gasteiger partial charge in [0.25, 0.3) is 0 Å². The van der Waals surface area contributed by atoms with Gasteiger partial charge in [0.05, 0.1) is 0 Å². The van der Waals surface area contributed by atoms with E-state index >= 15 is 0 Å². The number of hydrogen-bond donors (Lipinski definition) is 0. The first-order valence-electron chi connectivity index (χ1n) is 7.03. The van der Waals surface area contributed by atoms with Gasteiger partial charge in [-0.3, -0.25) is 0 Å². The van der Waals surface area contributed by atoms with Crippen LogP contribution in [-0.2, 0) is 11.3 Å². The second-order valence-corrected chi connectivity index (χ2v) is 7.41.